The average Bonchev–Trinajstić information content (AvgIpc) is 3.30. The van der Waals surface area contributed by atoms with Gasteiger partial charge in [0, 0.05) is 35.4 Å². The molecule has 0 fully saturated rings. The van der Waals surface area contributed by atoms with Gasteiger partial charge in [-0.05, 0) is 73.2 Å². The minimum Gasteiger partial charge on any atom is -0.396 e. The van der Waals surface area contributed by atoms with Crippen LogP contribution in [0.4, 0.5) is 21.6 Å². The summed E-state index contributed by atoms with van der Waals surface area (Å²) in [4.78, 5) is 21.0. The van der Waals surface area contributed by atoms with E-state index in [-0.39, 0.29) is 24.7 Å². The van der Waals surface area contributed by atoms with Crippen LogP contribution in [0, 0.1) is 5.82 Å². The number of fused-ring (bicyclic) bond motifs is 1. The van der Waals surface area contributed by atoms with Crippen LogP contribution in [-0.4, -0.2) is 26.2 Å². The topological polar surface area (TPSA) is 106 Å². The van der Waals surface area contributed by atoms with E-state index in [9.17, 15) is 9.18 Å². The Bertz CT molecular complexity index is 1430. The van der Waals surface area contributed by atoms with Crippen molar-refractivity contribution in [2.24, 2.45) is 0 Å². The van der Waals surface area contributed by atoms with Crippen LogP contribution in [0.1, 0.15) is 23.2 Å². The highest BCUT2D eigenvalue weighted by molar-refractivity contribution is 5.73. The van der Waals surface area contributed by atoms with Crippen molar-refractivity contribution in [3.63, 3.8) is 0 Å². The fourth-order valence-corrected chi connectivity index (χ4v) is 4.33. The van der Waals surface area contributed by atoms with Crippen molar-refractivity contribution in [3.05, 3.63) is 93.9 Å². The van der Waals surface area contributed by atoms with E-state index < -0.39 is 5.69 Å². The second-order valence-corrected chi connectivity index (χ2v) is 8.29. The average molecular weight is 458 g/mol. The number of aromatic nitrogens is 3. The van der Waals surface area contributed by atoms with Crippen molar-refractivity contribution in [1.82, 2.24) is 14.5 Å². The lowest BCUT2D eigenvalue weighted by Crippen LogP contribution is -2.21. The number of benzene rings is 2. The number of nitrogens with two attached hydrogens (primary N) is 1. The fourth-order valence-electron chi connectivity index (χ4n) is 4.33. The lowest BCUT2D eigenvalue weighted by Gasteiger charge is -2.15. The third-order valence-corrected chi connectivity index (χ3v) is 6.01. The van der Waals surface area contributed by atoms with Gasteiger partial charge in [-0.25, -0.2) is 9.18 Å². The Morgan fingerprint density at radius 3 is 2.76 bits per heavy atom. The Hall–Kier alpha value is -4.04. The molecule has 7 nitrogen and oxygen atoms in total. The number of rotatable bonds is 6. The minimum absolute atomic E-state index is 0.0947. The fraction of sp³-hybridized carbons (Fsp3) is 0.192. The summed E-state index contributed by atoms with van der Waals surface area (Å²) in [6.07, 6.45) is 4.67. The molecule has 2 aromatic carbocycles. The molecular weight excluding hydrogens is 433 g/mol. The van der Waals surface area contributed by atoms with Gasteiger partial charge in [0.05, 0.1) is 11.4 Å². The lowest BCUT2D eigenvalue weighted by atomic mass is 10.1. The number of aliphatic hydroxyl groups excluding tert-OH is 1. The van der Waals surface area contributed by atoms with Gasteiger partial charge in [0.1, 0.15) is 11.6 Å². The Balaban J connectivity index is 1.52. The summed E-state index contributed by atoms with van der Waals surface area (Å²) >= 11 is 0. The van der Waals surface area contributed by atoms with Crippen LogP contribution in [0.5, 0.6) is 0 Å². The number of halogens is 1. The van der Waals surface area contributed by atoms with Gasteiger partial charge in [-0.3, -0.25) is 9.55 Å². The van der Waals surface area contributed by atoms with Crippen LogP contribution >= 0.6 is 0 Å². The quantitative estimate of drug-likeness (QED) is 0.407. The molecule has 34 heavy (non-hydrogen) atoms. The van der Waals surface area contributed by atoms with Gasteiger partial charge >= 0.3 is 5.69 Å². The molecule has 0 bridgehead atoms. The van der Waals surface area contributed by atoms with Gasteiger partial charge in [0.25, 0.3) is 0 Å². The maximum Gasteiger partial charge on any atom is 0.354 e. The molecule has 0 aliphatic heterocycles. The number of pyridine rings is 1. The molecule has 0 spiro atoms. The van der Waals surface area contributed by atoms with Crippen LogP contribution in [0.25, 0.3) is 16.9 Å². The van der Waals surface area contributed by atoms with Crippen molar-refractivity contribution >= 4 is 17.2 Å². The largest absolute Gasteiger partial charge is 0.396 e. The van der Waals surface area contributed by atoms with E-state index >= 15 is 0 Å². The summed E-state index contributed by atoms with van der Waals surface area (Å²) in [5.74, 6) is -0.172. The number of hydrogen-bond acceptors (Lipinski definition) is 6. The van der Waals surface area contributed by atoms with Gasteiger partial charge in [-0.2, -0.15) is 4.98 Å². The molecule has 4 N–H and O–H groups in total. The first-order valence-corrected chi connectivity index (χ1v) is 11.2. The molecule has 4 aromatic rings. The lowest BCUT2D eigenvalue weighted by molar-refractivity contribution is 0.297. The molecule has 0 saturated heterocycles. The van der Waals surface area contributed by atoms with Gasteiger partial charge in [0.15, 0.2) is 0 Å². The Kier molecular flexibility index (Phi) is 5.81. The Morgan fingerprint density at radius 1 is 1.09 bits per heavy atom. The summed E-state index contributed by atoms with van der Waals surface area (Å²) in [6, 6.07) is 16.0. The highest BCUT2D eigenvalue weighted by Crippen LogP contribution is 2.34. The minimum atomic E-state index is -0.451. The van der Waals surface area contributed by atoms with E-state index in [1.165, 1.54) is 10.6 Å². The number of nitrogens with zero attached hydrogens (tertiary/aromatic N) is 3. The van der Waals surface area contributed by atoms with E-state index in [0.29, 0.717) is 16.9 Å². The van der Waals surface area contributed by atoms with E-state index in [1.807, 2.05) is 36.4 Å². The zero-order valence-corrected chi connectivity index (χ0v) is 18.5. The van der Waals surface area contributed by atoms with Crippen LogP contribution in [0.15, 0.2) is 65.6 Å². The molecule has 1 aliphatic carbocycles. The standard InChI is InChI=1S/C26H24FN5O2/c27-21-14-18(8-7-16(21)10-12-33)29-24-15-23(30-22-6-2-5-20(22)24)17-3-1-4-19(13-17)32-11-9-25(28)31-26(32)34/h1,3-4,7-9,11,13-15,33H,2,5-6,10,12H2,(H,29,30)(H2,28,31,34). The van der Waals surface area contributed by atoms with Crippen LogP contribution in [-0.2, 0) is 19.3 Å². The second kappa shape index (κ2) is 9.07. The molecule has 0 unspecified atom stereocenters. The first-order chi connectivity index (χ1) is 16.5. The van der Waals surface area contributed by atoms with Gasteiger partial charge in [0.2, 0.25) is 0 Å². The maximum absolute atomic E-state index is 14.4. The van der Waals surface area contributed by atoms with Gasteiger partial charge in [-0.1, -0.05) is 18.2 Å². The van der Waals surface area contributed by atoms with Crippen molar-refractivity contribution in [3.8, 4) is 16.9 Å². The van der Waals surface area contributed by atoms with Crippen LogP contribution < -0.4 is 16.7 Å². The number of aliphatic hydroxyl groups is 1. The monoisotopic (exact) mass is 457 g/mol. The van der Waals surface area contributed by atoms with Gasteiger partial charge < -0.3 is 16.2 Å². The molecule has 0 amide bonds. The smallest absolute Gasteiger partial charge is 0.354 e. The molecule has 5 rings (SSSR count). The number of hydrogen-bond donors (Lipinski definition) is 3. The van der Waals surface area contributed by atoms with Crippen LogP contribution in [0.3, 0.4) is 0 Å². The highest BCUT2D eigenvalue weighted by atomic mass is 19.1. The number of nitrogens with one attached hydrogen (secondary N) is 1. The maximum atomic E-state index is 14.4. The summed E-state index contributed by atoms with van der Waals surface area (Å²) in [5.41, 5.74) is 11.6. The Morgan fingerprint density at radius 2 is 1.97 bits per heavy atom. The van der Waals surface area contributed by atoms with E-state index in [1.54, 1.807) is 18.3 Å². The van der Waals surface area contributed by atoms with E-state index in [2.05, 4.69) is 10.3 Å². The van der Waals surface area contributed by atoms with E-state index in [0.717, 1.165) is 47.5 Å². The molecule has 172 valence electrons. The third-order valence-electron chi connectivity index (χ3n) is 6.01. The van der Waals surface area contributed by atoms with Crippen molar-refractivity contribution in [2.45, 2.75) is 25.7 Å². The summed E-state index contributed by atoms with van der Waals surface area (Å²) in [5, 5.41) is 12.5. The molecule has 0 radical (unpaired) electrons. The first kappa shape index (κ1) is 21.8. The molecule has 0 atom stereocenters. The van der Waals surface area contributed by atoms with Gasteiger partial charge in [-0.15, -0.1) is 0 Å². The summed E-state index contributed by atoms with van der Waals surface area (Å²) < 4.78 is 15.9. The number of nitrogen functional groups attached to an aromatic ring is 1. The third kappa shape index (κ3) is 4.27. The number of anilines is 3. The zero-order valence-electron chi connectivity index (χ0n) is 18.5. The van der Waals surface area contributed by atoms with Crippen molar-refractivity contribution in [1.29, 1.82) is 0 Å². The molecular formula is C26H24FN5O2. The normalized spacial score (nSPS) is 12.5. The molecule has 1 aliphatic rings. The van der Waals surface area contributed by atoms with Crippen molar-refractivity contribution in [2.75, 3.05) is 17.7 Å². The zero-order chi connectivity index (χ0) is 23.7. The predicted octanol–water partition coefficient (Wildman–Crippen LogP) is 3.78. The summed E-state index contributed by atoms with van der Waals surface area (Å²) in [7, 11) is 0. The highest BCUT2D eigenvalue weighted by Gasteiger charge is 2.19. The molecule has 0 saturated carbocycles. The number of aryl methyl sites for hydroxylation is 1. The van der Waals surface area contributed by atoms with Crippen LogP contribution in [0.2, 0.25) is 0 Å². The molecule has 8 heteroatoms. The van der Waals surface area contributed by atoms with Crippen molar-refractivity contribution < 1.29 is 9.50 Å². The summed E-state index contributed by atoms with van der Waals surface area (Å²) in [6.45, 7) is -0.0947. The first-order valence-electron chi connectivity index (χ1n) is 11.2. The van der Waals surface area contributed by atoms with E-state index in [4.69, 9.17) is 15.8 Å². The second-order valence-electron chi connectivity index (χ2n) is 8.29. The molecule has 2 heterocycles. The SMILES string of the molecule is Nc1ccn(-c2cccc(-c3cc(Nc4ccc(CCO)c(F)c4)c4c(n3)CCC4)c2)c(=O)n1. The Labute approximate surface area is 195 Å². The predicted molar refractivity (Wildman–Crippen MR) is 130 cm³/mol. The molecule has 2 aromatic heterocycles.